The van der Waals surface area contributed by atoms with Crippen LogP contribution in [0.3, 0.4) is 0 Å². The number of carbonyl (C=O) groups excluding carboxylic acids is 2. The molecule has 3 heterocycles. The monoisotopic (exact) mass is 435 g/mol. The Labute approximate surface area is 187 Å². The molecule has 0 radical (unpaired) electrons. The topological polar surface area (TPSA) is 104 Å². The maximum absolute atomic E-state index is 12.8. The first kappa shape index (κ1) is 19.7. The Hall–Kier alpha value is -2.97. The van der Waals surface area contributed by atoms with Crippen molar-refractivity contribution >= 4 is 29.7 Å². The lowest BCUT2D eigenvalue weighted by atomic mass is 9.50. The van der Waals surface area contributed by atoms with Crippen molar-refractivity contribution in [3.63, 3.8) is 0 Å². The molecule has 6 rings (SSSR count). The van der Waals surface area contributed by atoms with Crippen LogP contribution in [0.4, 0.5) is 5.69 Å². The molecule has 0 saturated heterocycles. The van der Waals surface area contributed by atoms with E-state index in [4.69, 9.17) is 9.98 Å². The quantitative estimate of drug-likeness (QED) is 0.705. The summed E-state index contributed by atoms with van der Waals surface area (Å²) in [7, 11) is 1.77. The summed E-state index contributed by atoms with van der Waals surface area (Å²) in [5.74, 6) is 1.15. The van der Waals surface area contributed by atoms with Crippen molar-refractivity contribution in [2.24, 2.45) is 27.2 Å². The van der Waals surface area contributed by atoms with Gasteiger partial charge < -0.3 is 20.3 Å². The van der Waals surface area contributed by atoms with Crippen molar-refractivity contribution in [3.8, 4) is 0 Å². The molecule has 2 aliphatic heterocycles. The van der Waals surface area contributed by atoms with Gasteiger partial charge in [-0.2, -0.15) is 5.10 Å². The number of rotatable bonds is 4. The second-order valence-electron chi connectivity index (χ2n) is 10.6. The number of nitrogens with one attached hydrogen (secondary N) is 2. The van der Waals surface area contributed by atoms with E-state index in [-0.39, 0.29) is 23.4 Å². The lowest BCUT2D eigenvalue weighted by Gasteiger charge is -2.56. The van der Waals surface area contributed by atoms with Gasteiger partial charge in [0, 0.05) is 25.4 Å². The number of anilines is 1. The summed E-state index contributed by atoms with van der Waals surface area (Å²) < 4.78 is 2.02. The minimum Gasteiger partial charge on any atom is -0.323 e. The molecule has 9 heteroatoms. The van der Waals surface area contributed by atoms with Crippen LogP contribution in [0, 0.1) is 17.3 Å². The zero-order valence-electron chi connectivity index (χ0n) is 18.5. The molecular formula is C23H29N7O2. The summed E-state index contributed by atoms with van der Waals surface area (Å²) >= 11 is 0. The molecule has 0 bridgehead atoms. The van der Waals surface area contributed by atoms with Gasteiger partial charge in [-0.05, 0) is 56.9 Å². The van der Waals surface area contributed by atoms with Gasteiger partial charge in [0.1, 0.15) is 18.0 Å². The van der Waals surface area contributed by atoms with Crippen molar-refractivity contribution in [1.29, 1.82) is 0 Å². The van der Waals surface area contributed by atoms with Crippen molar-refractivity contribution in [2.75, 3.05) is 12.4 Å². The molecule has 5 aliphatic rings. The minimum atomic E-state index is -0.403. The first-order valence-electron chi connectivity index (χ1n) is 11.5. The third-order valence-electron chi connectivity index (χ3n) is 7.80. The standard InChI is InChI=1S/C23H29N7O2/c1-22(4-5-22)28-19-18-17(3-6-29(2)20(18)32)26-21(27-19)25-15-11-24-30(12-15)16-9-23(10-16)7-14(8-23)13-31/h3,6,11-14,16-18H,4-5,7-10H2,1-2H3,(H2,25,26,27,28). The maximum atomic E-state index is 12.8. The van der Waals surface area contributed by atoms with Crippen LogP contribution < -0.4 is 10.6 Å². The zero-order valence-corrected chi connectivity index (χ0v) is 18.5. The molecule has 2 atom stereocenters. The van der Waals surface area contributed by atoms with Gasteiger partial charge in [0.05, 0.1) is 29.5 Å². The van der Waals surface area contributed by atoms with Gasteiger partial charge >= 0.3 is 0 Å². The average Bonchev–Trinajstić information content (AvgIpc) is 3.24. The van der Waals surface area contributed by atoms with E-state index in [1.54, 1.807) is 18.1 Å². The van der Waals surface area contributed by atoms with Crippen LogP contribution in [0.25, 0.3) is 0 Å². The Balaban J connectivity index is 1.17. The molecule has 32 heavy (non-hydrogen) atoms. The van der Waals surface area contributed by atoms with Crippen LogP contribution in [0.5, 0.6) is 0 Å². The Morgan fingerprint density at radius 2 is 2.06 bits per heavy atom. The fourth-order valence-electron chi connectivity index (χ4n) is 5.64. The number of hydrogen-bond acceptors (Lipinski definition) is 6. The first-order chi connectivity index (χ1) is 15.4. The van der Waals surface area contributed by atoms with E-state index < -0.39 is 5.92 Å². The largest absolute Gasteiger partial charge is 0.323 e. The molecule has 2 N–H and O–H groups in total. The van der Waals surface area contributed by atoms with Crippen LogP contribution in [0.15, 0.2) is 34.7 Å². The summed E-state index contributed by atoms with van der Waals surface area (Å²) in [5, 5.41) is 11.2. The number of aromatic nitrogens is 2. The Morgan fingerprint density at radius 3 is 2.78 bits per heavy atom. The van der Waals surface area contributed by atoms with Crippen LogP contribution in [-0.2, 0) is 9.59 Å². The maximum Gasteiger partial charge on any atom is 0.239 e. The van der Waals surface area contributed by atoms with E-state index in [1.807, 2.05) is 23.2 Å². The fourth-order valence-corrected chi connectivity index (χ4v) is 5.64. The van der Waals surface area contributed by atoms with E-state index in [2.05, 4.69) is 22.7 Å². The van der Waals surface area contributed by atoms with E-state index in [0.717, 1.165) is 50.5 Å². The number of fused-ring (bicyclic) bond motifs is 1. The van der Waals surface area contributed by atoms with Crippen LogP contribution in [0.1, 0.15) is 51.5 Å². The highest BCUT2D eigenvalue weighted by Crippen LogP contribution is 2.62. The highest BCUT2D eigenvalue weighted by atomic mass is 16.2. The van der Waals surface area contributed by atoms with E-state index in [9.17, 15) is 9.59 Å². The summed E-state index contributed by atoms with van der Waals surface area (Å²) in [6.45, 7) is 2.12. The predicted octanol–water partition coefficient (Wildman–Crippen LogP) is 2.11. The summed E-state index contributed by atoms with van der Waals surface area (Å²) in [5.41, 5.74) is 1.15. The lowest BCUT2D eigenvalue weighted by molar-refractivity contribution is -0.130. The third kappa shape index (κ3) is 3.25. The number of nitrogens with zero attached hydrogens (tertiary/aromatic N) is 5. The van der Waals surface area contributed by atoms with Crippen molar-refractivity contribution in [3.05, 3.63) is 24.7 Å². The zero-order chi connectivity index (χ0) is 22.1. The number of amidine groups is 1. The van der Waals surface area contributed by atoms with Crippen LogP contribution >= 0.6 is 0 Å². The molecule has 0 aromatic carbocycles. The second kappa shape index (κ2) is 6.76. The Morgan fingerprint density at radius 1 is 1.28 bits per heavy atom. The van der Waals surface area contributed by atoms with Gasteiger partial charge in [-0.15, -0.1) is 0 Å². The molecule has 1 aromatic rings. The van der Waals surface area contributed by atoms with Gasteiger partial charge in [0.15, 0.2) is 0 Å². The fraction of sp³-hybridized carbons (Fsp3) is 0.609. The molecule has 2 unspecified atom stereocenters. The number of aliphatic imine (C=N–C) groups is 2. The predicted molar refractivity (Wildman–Crippen MR) is 120 cm³/mol. The number of hydrogen-bond donors (Lipinski definition) is 2. The van der Waals surface area contributed by atoms with Crippen molar-refractivity contribution < 1.29 is 9.59 Å². The smallest absolute Gasteiger partial charge is 0.239 e. The van der Waals surface area contributed by atoms with E-state index in [0.29, 0.717) is 23.3 Å². The van der Waals surface area contributed by atoms with E-state index in [1.165, 1.54) is 0 Å². The molecule has 3 saturated carbocycles. The molecule has 3 aliphatic carbocycles. The molecule has 168 valence electrons. The summed E-state index contributed by atoms with van der Waals surface area (Å²) in [6, 6.07) is 0.125. The summed E-state index contributed by atoms with van der Waals surface area (Å²) in [4.78, 5) is 35.0. The summed E-state index contributed by atoms with van der Waals surface area (Å²) in [6.07, 6.45) is 15.0. The van der Waals surface area contributed by atoms with Crippen molar-refractivity contribution in [2.45, 2.75) is 63.1 Å². The normalized spacial score (nSPS) is 37.8. The number of aldehydes is 1. The highest BCUT2D eigenvalue weighted by Gasteiger charge is 2.53. The van der Waals surface area contributed by atoms with Gasteiger partial charge in [0.2, 0.25) is 11.9 Å². The third-order valence-corrected chi connectivity index (χ3v) is 7.80. The molecular weight excluding hydrogens is 406 g/mol. The Bertz CT molecular complexity index is 1050. The first-order valence-corrected chi connectivity index (χ1v) is 11.5. The molecule has 1 amide bonds. The lowest BCUT2D eigenvalue weighted by Crippen LogP contribution is -2.55. The van der Waals surface area contributed by atoms with Gasteiger partial charge in [-0.1, -0.05) is 0 Å². The SMILES string of the molecule is CN1C=CC2N=C(Nc3cnn(C4CC5(CC(C=O)C5)C4)c3)NC(=NC3(C)CC3)C2C1=O. The van der Waals surface area contributed by atoms with Crippen LogP contribution in [0.2, 0.25) is 0 Å². The average molecular weight is 436 g/mol. The molecule has 1 spiro atoms. The Kier molecular flexibility index (Phi) is 4.16. The van der Waals surface area contributed by atoms with Crippen LogP contribution in [-0.4, -0.2) is 57.3 Å². The minimum absolute atomic E-state index is 0.00958. The van der Waals surface area contributed by atoms with Gasteiger partial charge in [-0.25, -0.2) is 4.99 Å². The van der Waals surface area contributed by atoms with Crippen molar-refractivity contribution in [1.82, 2.24) is 20.0 Å². The van der Waals surface area contributed by atoms with E-state index >= 15 is 0 Å². The molecule has 1 aromatic heterocycles. The van der Waals surface area contributed by atoms with Gasteiger partial charge in [-0.3, -0.25) is 14.5 Å². The number of amides is 1. The highest BCUT2D eigenvalue weighted by molar-refractivity contribution is 6.15. The molecule has 3 fully saturated rings. The number of carbonyl (C=O) groups is 2. The second-order valence-corrected chi connectivity index (χ2v) is 10.6. The number of guanidine groups is 1. The molecule has 9 nitrogen and oxygen atoms in total. The van der Waals surface area contributed by atoms with Gasteiger partial charge in [0.25, 0.3) is 0 Å².